The Bertz CT molecular complexity index is 335. The topological polar surface area (TPSA) is 29.5 Å². The van der Waals surface area contributed by atoms with Gasteiger partial charge in [-0.15, -0.1) is 0 Å². The summed E-state index contributed by atoms with van der Waals surface area (Å²) in [5, 5.41) is 9.77. The third kappa shape index (κ3) is 1.70. The van der Waals surface area contributed by atoms with Crippen LogP contribution < -0.4 is 4.74 Å². The van der Waals surface area contributed by atoms with Gasteiger partial charge in [-0.05, 0) is 18.9 Å². The summed E-state index contributed by atoms with van der Waals surface area (Å²) >= 11 is 0. The average molecular weight is 200 g/mol. The zero-order valence-corrected chi connectivity index (χ0v) is 7.41. The summed E-state index contributed by atoms with van der Waals surface area (Å²) in [6.07, 6.45) is 1.22. The van der Waals surface area contributed by atoms with E-state index in [1.165, 1.54) is 6.07 Å². The summed E-state index contributed by atoms with van der Waals surface area (Å²) in [5.41, 5.74) is -0.480. The van der Waals surface area contributed by atoms with E-state index < -0.39 is 12.2 Å². The van der Waals surface area contributed by atoms with E-state index in [1.807, 2.05) is 0 Å². The highest BCUT2D eigenvalue weighted by atomic mass is 19.3. The molecule has 0 saturated heterocycles. The van der Waals surface area contributed by atoms with Crippen LogP contribution in [0.15, 0.2) is 24.3 Å². The number of aliphatic hydroxyl groups is 1. The number of ether oxygens (including phenoxy) is 1. The second kappa shape index (κ2) is 3.20. The van der Waals surface area contributed by atoms with Gasteiger partial charge in [0.2, 0.25) is 0 Å². The molecule has 0 radical (unpaired) electrons. The Morgan fingerprint density at radius 3 is 2.50 bits per heavy atom. The minimum absolute atomic E-state index is 0.0718. The first-order chi connectivity index (χ1) is 6.62. The van der Waals surface area contributed by atoms with E-state index in [-0.39, 0.29) is 5.75 Å². The number of alkyl halides is 2. The zero-order valence-electron chi connectivity index (χ0n) is 7.41. The summed E-state index contributed by atoms with van der Waals surface area (Å²) in [7, 11) is 0. The van der Waals surface area contributed by atoms with Gasteiger partial charge in [0.05, 0.1) is 5.60 Å². The van der Waals surface area contributed by atoms with Gasteiger partial charge in [0.1, 0.15) is 5.75 Å². The smallest absolute Gasteiger partial charge is 0.387 e. The number of hydrogen-bond donors (Lipinski definition) is 1. The first kappa shape index (κ1) is 9.40. The van der Waals surface area contributed by atoms with E-state index >= 15 is 0 Å². The second-order valence-corrected chi connectivity index (χ2v) is 3.41. The second-order valence-electron chi connectivity index (χ2n) is 3.41. The molecule has 0 heterocycles. The van der Waals surface area contributed by atoms with Crippen LogP contribution in [0.1, 0.15) is 18.4 Å². The fourth-order valence-corrected chi connectivity index (χ4v) is 1.44. The molecule has 2 rings (SSSR count). The van der Waals surface area contributed by atoms with Gasteiger partial charge in [-0.25, -0.2) is 0 Å². The summed E-state index contributed by atoms with van der Waals surface area (Å²) in [6, 6.07) is 6.36. The van der Waals surface area contributed by atoms with E-state index in [0.717, 1.165) is 0 Å². The molecule has 2 nitrogen and oxygen atoms in total. The predicted octanol–water partition coefficient (Wildman–Crippen LogP) is 2.27. The van der Waals surface area contributed by atoms with Crippen molar-refractivity contribution in [3.63, 3.8) is 0 Å². The Balaban J connectivity index is 2.29. The highest BCUT2D eigenvalue weighted by molar-refractivity contribution is 5.40. The van der Waals surface area contributed by atoms with Crippen molar-refractivity contribution < 1.29 is 18.6 Å². The summed E-state index contributed by atoms with van der Waals surface area (Å²) < 4.78 is 28.3. The molecule has 1 saturated carbocycles. The number of para-hydroxylation sites is 1. The SMILES string of the molecule is OC1(c2ccccc2OC(F)F)CC1. The monoisotopic (exact) mass is 200 g/mol. The van der Waals surface area contributed by atoms with Crippen molar-refractivity contribution in [1.29, 1.82) is 0 Å². The maximum absolute atomic E-state index is 12.0. The third-order valence-corrected chi connectivity index (χ3v) is 2.33. The maximum Gasteiger partial charge on any atom is 0.387 e. The molecule has 0 amide bonds. The van der Waals surface area contributed by atoms with Crippen molar-refractivity contribution in [2.45, 2.75) is 25.1 Å². The Labute approximate surface area is 80.1 Å². The van der Waals surface area contributed by atoms with Crippen LogP contribution in [0, 0.1) is 0 Å². The molecule has 1 aromatic carbocycles. The molecule has 4 heteroatoms. The fourth-order valence-electron chi connectivity index (χ4n) is 1.44. The largest absolute Gasteiger partial charge is 0.434 e. The van der Waals surface area contributed by atoms with Gasteiger partial charge in [0, 0.05) is 5.56 Å². The summed E-state index contributed by atoms with van der Waals surface area (Å²) in [6.45, 7) is -2.85. The van der Waals surface area contributed by atoms with Crippen LogP contribution in [0.5, 0.6) is 5.75 Å². The lowest BCUT2D eigenvalue weighted by atomic mass is 10.1. The molecular formula is C10H10F2O2. The van der Waals surface area contributed by atoms with Crippen molar-refractivity contribution in [2.75, 3.05) is 0 Å². The Kier molecular flexibility index (Phi) is 2.15. The average Bonchev–Trinajstić information content (AvgIpc) is 2.84. The van der Waals surface area contributed by atoms with Crippen molar-refractivity contribution in [3.05, 3.63) is 29.8 Å². The van der Waals surface area contributed by atoms with Crippen LogP contribution in [0.4, 0.5) is 8.78 Å². The Morgan fingerprint density at radius 2 is 1.93 bits per heavy atom. The summed E-state index contributed by atoms with van der Waals surface area (Å²) in [4.78, 5) is 0. The minimum Gasteiger partial charge on any atom is -0.434 e. The van der Waals surface area contributed by atoms with Gasteiger partial charge < -0.3 is 9.84 Å². The van der Waals surface area contributed by atoms with E-state index in [0.29, 0.717) is 18.4 Å². The first-order valence-corrected chi connectivity index (χ1v) is 4.38. The molecule has 14 heavy (non-hydrogen) atoms. The van der Waals surface area contributed by atoms with Crippen LogP contribution in [-0.4, -0.2) is 11.7 Å². The van der Waals surface area contributed by atoms with Crippen LogP contribution >= 0.6 is 0 Å². The summed E-state index contributed by atoms with van der Waals surface area (Å²) in [5.74, 6) is 0.0718. The quantitative estimate of drug-likeness (QED) is 0.811. The van der Waals surface area contributed by atoms with Crippen LogP contribution in [0.3, 0.4) is 0 Å². The number of benzene rings is 1. The Morgan fingerprint density at radius 1 is 1.29 bits per heavy atom. The van der Waals surface area contributed by atoms with Crippen molar-refractivity contribution in [3.8, 4) is 5.75 Å². The molecule has 0 atom stereocenters. The van der Waals surface area contributed by atoms with Gasteiger partial charge in [-0.1, -0.05) is 18.2 Å². The van der Waals surface area contributed by atoms with Crippen LogP contribution in [0.25, 0.3) is 0 Å². The predicted molar refractivity (Wildman–Crippen MR) is 46.2 cm³/mol. The van der Waals surface area contributed by atoms with Crippen LogP contribution in [0.2, 0.25) is 0 Å². The lowest BCUT2D eigenvalue weighted by molar-refractivity contribution is -0.0519. The van der Waals surface area contributed by atoms with Crippen molar-refractivity contribution >= 4 is 0 Å². The zero-order chi connectivity index (χ0) is 10.2. The lowest BCUT2D eigenvalue weighted by Crippen LogP contribution is -2.10. The van der Waals surface area contributed by atoms with Crippen molar-refractivity contribution in [1.82, 2.24) is 0 Å². The van der Waals surface area contributed by atoms with E-state index in [9.17, 15) is 13.9 Å². The highest BCUT2D eigenvalue weighted by Gasteiger charge is 2.44. The Hall–Kier alpha value is -1.16. The molecule has 1 aliphatic carbocycles. The lowest BCUT2D eigenvalue weighted by Gasteiger charge is -2.14. The number of hydrogen-bond acceptors (Lipinski definition) is 2. The van der Waals surface area contributed by atoms with Gasteiger partial charge in [0.25, 0.3) is 0 Å². The molecule has 1 fully saturated rings. The molecule has 0 aromatic heterocycles. The molecule has 1 aliphatic rings. The number of rotatable bonds is 3. The molecule has 0 bridgehead atoms. The number of halogens is 2. The molecule has 0 unspecified atom stereocenters. The fraction of sp³-hybridized carbons (Fsp3) is 0.400. The van der Waals surface area contributed by atoms with Gasteiger partial charge in [0.15, 0.2) is 0 Å². The van der Waals surface area contributed by atoms with E-state index in [1.54, 1.807) is 18.2 Å². The molecule has 1 N–H and O–H groups in total. The van der Waals surface area contributed by atoms with E-state index in [2.05, 4.69) is 4.74 Å². The molecule has 0 aliphatic heterocycles. The molecular weight excluding hydrogens is 190 g/mol. The molecule has 0 spiro atoms. The van der Waals surface area contributed by atoms with Gasteiger partial charge >= 0.3 is 6.61 Å². The molecule has 76 valence electrons. The van der Waals surface area contributed by atoms with Crippen molar-refractivity contribution in [2.24, 2.45) is 0 Å². The third-order valence-electron chi connectivity index (χ3n) is 2.33. The van der Waals surface area contributed by atoms with Crippen LogP contribution in [-0.2, 0) is 5.60 Å². The molecule has 1 aromatic rings. The van der Waals surface area contributed by atoms with Gasteiger partial charge in [-0.2, -0.15) is 8.78 Å². The van der Waals surface area contributed by atoms with Gasteiger partial charge in [-0.3, -0.25) is 0 Å². The first-order valence-electron chi connectivity index (χ1n) is 4.38. The maximum atomic E-state index is 12.0. The normalized spacial score (nSPS) is 18.3. The standard InChI is InChI=1S/C10H10F2O2/c11-9(12)14-8-4-2-1-3-7(8)10(13)5-6-10/h1-4,9,13H,5-6H2. The minimum atomic E-state index is -2.85. The highest BCUT2D eigenvalue weighted by Crippen LogP contribution is 2.48. The van der Waals surface area contributed by atoms with E-state index in [4.69, 9.17) is 0 Å².